The van der Waals surface area contributed by atoms with Crippen LogP contribution in [0.3, 0.4) is 0 Å². The Hall–Kier alpha value is -0.360. The maximum Gasteiger partial charge on any atom is 0.186 e. The van der Waals surface area contributed by atoms with E-state index in [-0.39, 0.29) is 30.0 Å². The van der Waals surface area contributed by atoms with E-state index in [0.29, 0.717) is 36.0 Å². The Balaban J connectivity index is 1.15. The molecule has 4 aliphatic carbocycles. The molecular formula is C32H52O9. The van der Waals surface area contributed by atoms with Crippen molar-refractivity contribution >= 4 is 0 Å². The van der Waals surface area contributed by atoms with E-state index in [4.69, 9.17) is 18.9 Å². The average molecular weight is 581 g/mol. The summed E-state index contributed by atoms with van der Waals surface area (Å²) in [7, 11) is 0. The van der Waals surface area contributed by atoms with Crippen LogP contribution in [0.2, 0.25) is 0 Å². The predicted octanol–water partition coefficient (Wildman–Crippen LogP) is 2.20. The second-order valence-electron chi connectivity index (χ2n) is 15.6. The molecule has 3 saturated heterocycles. The van der Waals surface area contributed by atoms with Crippen LogP contribution >= 0.6 is 0 Å². The molecule has 0 amide bonds. The number of aliphatic hydroxyl groups excluding tert-OH is 5. The van der Waals surface area contributed by atoms with Crippen LogP contribution in [-0.2, 0) is 18.9 Å². The summed E-state index contributed by atoms with van der Waals surface area (Å²) in [6.07, 6.45) is 0.0615. The summed E-state index contributed by atoms with van der Waals surface area (Å²) in [5.41, 5.74) is -0.266. The summed E-state index contributed by atoms with van der Waals surface area (Å²) in [6, 6.07) is 0. The number of hydrogen-bond acceptors (Lipinski definition) is 9. The zero-order valence-electron chi connectivity index (χ0n) is 25.1. The van der Waals surface area contributed by atoms with E-state index in [1.54, 1.807) is 0 Å². The molecule has 3 aliphatic heterocycles. The molecule has 7 rings (SSSR count). The molecule has 234 valence electrons. The summed E-state index contributed by atoms with van der Waals surface area (Å²) in [6.45, 7) is 9.96. The molecule has 0 aromatic rings. The second-order valence-corrected chi connectivity index (χ2v) is 15.6. The van der Waals surface area contributed by atoms with Crippen molar-refractivity contribution < 1.29 is 44.5 Å². The number of aliphatic hydroxyl groups is 5. The van der Waals surface area contributed by atoms with Crippen molar-refractivity contribution in [3.05, 3.63) is 0 Å². The van der Waals surface area contributed by atoms with Crippen molar-refractivity contribution in [2.24, 2.45) is 52.3 Å². The molecule has 5 N–H and O–H groups in total. The zero-order chi connectivity index (χ0) is 29.1. The van der Waals surface area contributed by atoms with Gasteiger partial charge in [0.1, 0.15) is 24.4 Å². The van der Waals surface area contributed by atoms with Gasteiger partial charge in [0, 0.05) is 17.8 Å². The minimum Gasteiger partial charge on any atom is -0.390 e. The van der Waals surface area contributed by atoms with Crippen LogP contribution in [0.4, 0.5) is 0 Å². The van der Waals surface area contributed by atoms with Gasteiger partial charge in [0.25, 0.3) is 0 Å². The minimum absolute atomic E-state index is 0.161. The average Bonchev–Trinajstić information content (AvgIpc) is 3.39. The van der Waals surface area contributed by atoms with Crippen LogP contribution < -0.4 is 0 Å². The summed E-state index contributed by atoms with van der Waals surface area (Å²) >= 11 is 0. The fourth-order valence-corrected chi connectivity index (χ4v) is 11.6. The summed E-state index contributed by atoms with van der Waals surface area (Å²) in [4.78, 5) is 0. The topological polar surface area (TPSA) is 138 Å². The van der Waals surface area contributed by atoms with Crippen LogP contribution in [0.5, 0.6) is 0 Å². The fraction of sp³-hybridized carbons (Fsp3) is 1.00. The van der Waals surface area contributed by atoms with Crippen molar-refractivity contribution in [1.82, 2.24) is 0 Å². The van der Waals surface area contributed by atoms with Crippen LogP contribution in [0.15, 0.2) is 0 Å². The molecule has 4 saturated carbocycles. The predicted molar refractivity (Wildman–Crippen MR) is 147 cm³/mol. The lowest BCUT2D eigenvalue weighted by Crippen LogP contribution is -2.66. The first-order valence-corrected chi connectivity index (χ1v) is 16.4. The first-order valence-electron chi connectivity index (χ1n) is 16.4. The lowest BCUT2D eigenvalue weighted by molar-refractivity contribution is -0.328. The van der Waals surface area contributed by atoms with E-state index < -0.39 is 54.1 Å². The normalized spacial score (nSPS) is 62.1. The highest BCUT2D eigenvalue weighted by molar-refractivity contribution is 5.17. The van der Waals surface area contributed by atoms with Gasteiger partial charge in [0.2, 0.25) is 0 Å². The third kappa shape index (κ3) is 4.13. The molecule has 9 unspecified atom stereocenters. The van der Waals surface area contributed by atoms with E-state index in [1.165, 1.54) is 0 Å². The highest BCUT2D eigenvalue weighted by Crippen LogP contribution is 2.71. The standard InChI is InChI=1S/C32H52O9/c1-15-7-10-32(39-13-15)16(2)24-23(41-32)12-20-18-6-5-17-11-21(33)26(36)28(31(17,4)19(18)8-9-30(20,24)3)40-29-27(37)25(35)22(34)14-38-29/h15-29,33-37H,5-14H2,1-4H3/t15?,16?,17-,18?,19?,20?,21?,22-,23?,24?,25+,26-,27-,28-,29+,30+,31+,32?/m1/s1. The van der Waals surface area contributed by atoms with Crippen molar-refractivity contribution in [3.8, 4) is 0 Å². The van der Waals surface area contributed by atoms with Gasteiger partial charge in [0.05, 0.1) is 31.5 Å². The van der Waals surface area contributed by atoms with E-state index in [9.17, 15) is 25.5 Å². The molecule has 9 nitrogen and oxygen atoms in total. The van der Waals surface area contributed by atoms with E-state index in [2.05, 4.69) is 27.7 Å². The molecule has 0 radical (unpaired) electrons. The number of hydrogen-bond donors (Lipinski definition) is 5. The lowest BCUT2D eigenvalue weighted by Gasteiger charge is -2.64. The molecule has 0 bridgehead atoms. The van der Waals surface area contributed by atoms with E-state index in [0.717, 1.165) is 51.6 Å². The van der Waals surface area contributed by atoms with Crippen molar-refractivity contribution in [3.63, 3.8) is 0 Å². The molecule has 1 spiro atoms. The Morgan fingerprint density at radius 2 is 1.56 bits per heavy atom. The van der Waals surface area contributed by atoms with Gasteiger partial charge in [-0.25, -0.2) is 0 Å². The van der Waals surface area contributed by atoms with Gasteiger partial charge >= 0.3 is 0 Å². The summed E-state index contributed by atoms with van der Waals surface area (Å²) in [5.74, 6) is 2.40. The van der Waals surface area contributed by atoms with Crippen molar-refractivity contribution in [2.45, 2.75) is 134 Å². The highest BCUT2D eigenvalue weighted by Gasteiger charge is 2.70. The van der Waals surface area contributed by atoms with Gasteiger partial charge < -0.3 is 44.5 Å². The molecule has 7 fully saturated rings. The maximum absolute atomic E-state index is 11.4. The van der Waals surface area contributed by atoms with Crippen LogP contribution in [-0.4, -0.2) is 93.6 Å². The molecule has 3 heterocycles. The molecular weight excluding hydrogens is 528 g/mol. The minimum atomic E-state index is -1.44. The number of fused-ring (bicyclic) bond motifs is 7. The smallest absolute Gasteiger partial charge is 0.186 e. The van der Waals surface area contributed by atoms with E-state index in [1.807, 2.05) is 0 Å². The fourth-order valence-electron chi connectivity index (χ4n) is 11.6. The van der Waals surface area contributed by atoms with E-state index >= 15 is 0 Å². The first-order chi connectivity index (χ1) is 19.4. The molecule has 0 aromatic heterocycles. The third-order valence-corrected chi connectivity index (χ3v) is 13.8. The Kier molecular flexibility index (Phi) is 7.21. The van der Waals surface area contributed by atoms with Crippen molar-refractivity contribution in [2.75, 3.05) is 13.2 Å². The van der Waals surface area contributed by atoms with Crippen LogP contribution in [0.1, 0.15) is 79.1 Å². The molecule has 18 atom stereocenters. The Bertz CT molecular complexity index is 986. The maximum atomic E-state index is 11.4. The summed E-state index contributed by atoms with van der Waals surface area (Å²) < 4.78 is 25.4. The SMILES string of the molecule is CC1CCC2(OC1)OC1CC3C4CC[C@@H]5CC(O)[C@@H](O)[C@@H](O[C@@H]6OC[C@@H](O)[C@H](O)[C@H]6O)[C@]5(C)C4CC[C@]3(C)C1C2C. The highest BCUT2D eigenvalue weighted by atomic mass is 16.7. The quantitative estimate of drug-likeness (QED) is 0.333. The lowest BCUT2D eigenvalue weighted by atomic mass is 9.43. The first kappa shape index (κ1) is 29.4. The summed E-state index contributed by atoms with van der Waals surface area (Å²) in [5, 5.41) is 53.2. The molecule has 9 heteroatoms. The number of rotatable bonds is 2. The number of ether oxygens (including phenoxy) is 4. The zero-order valence-corrected chi connectivity index (χ0v) is 25.1. The van der Waals surface area contributed by atoms with Gasteiger partial charge in [-0.2, -0.15) is 0 Å². The van der Waals surface area contributed by atoms with Gasteiger partial charge in [-0.1, -0.05) is 27.7 Å². The molecule has 7 aliphatic rings. The largest absolute Gasteiger partial charge is 0.390 e. The molecule has 0 aromatic carbocycles. The van der Waals surface area contributed by atoms with Crippen molar-refractivity contribution in [1.29, 1.82) is 0 Å². The van der Waals surface area contributed by atoms with Gasteiger partial charge in [-0.3, -0.25) is 0 Å². The van der Waals surface area contributed by atoms with Gasteiger partial charge in [0.15, 0.2) is 12.1 Å². The van der Waals surface area contributed by atoms with Gasteiger partial charge in [-0.15, -0.1) is 0 Å². The van der Waals surface area contributed by atoms with Crippen LogP contribution in [0.25, 0.3) is 0 Å². The Labute approximate surface area is 243 Å². The van der Waals surface area contributed by atoms with Gasteiger partial charge in [-0.05, 0) is 85.9 Å². The Morgan fingerprint density at radius 3 is 2.29 bits per heavy atom. The molecule has 41 heavy (non-hydrogen) atoms. The third-order valence-electron chi connectivity index (χ3n) is 13.8. The second kappa shape index (κ2) is 10.1. The Morgan fingerprint density at radius 1 is 0.780 bits per heavy atom. The monoisotopic (exact) mass is 580 g/mol. The van der Waals surface area contributed by atoms with Crippen LogP contribution in [0, 0.1) is 52.3 Å².